The van der Waals surface area contributed by atoms with E-state index in [-0.39, 0.29) is 0 Å². The highest BCUT2D eigenvalue weighted by atomic mass is 15.0. The first-order valence-corrected chi connectivity index (χ1v) is 16.6. The first-order valence-electron chi connectivity index (χ1n) is 16.6. The molecule has 0 atom stereocenters. The summed E-state index contributed by atoms with van der Waals surface area (Å²) >= 11 is 0. The van der Waals surface area contributed by atoms with E-state index in [1.165, 1.54) is 37.9 Å². The quantitative estimate of drug-likeness (QED) is 0.139. The molecule has 4 nitrogen and oxygen atoms in total. The second-order valence-corrected chi connectivity index (χ2v) is 12.4. The van der Waals surface area contributed by atoms with E-state index >= 15 is 0 Å². The Kier molecular flexibility index (Phi) is 7.15. The Hall–Kier alpha value is -6.96. The van der Waals surface area contributed by atoms with Crippen molar-refractivity contribution >= 4 is 32.3 Å². The predicted molar refractivity (Wildman–Crippen MR) is 204 cm³/mol. The van der Waals surface area contributed by atoms with Gasteiger partial charge in [-0.2, -0.15) is 5.26 Å². The van der Waals surface area contributed by atoms with Crippen molar-refractivity contribution in [3.8, 4) is 62.5 Å². The highest BCUT2D eigenvalue weighted by molar-refractivity contribution is 6.20. The Morgan fingerprint density at radius 3 is 1.44 bits per heavy atom. The van der Waals surface area contributed by atoms with Crippen molar-refractivity contribution in [1.82, 2.24) is 15.0 Å². The van der Waals surface area contributed by atoms with E-state index in [4.69, 9.17) is 15.0 Å². The number of nitrogens with zero attached hydrogens (tertiary/aromatic N) is 4. The molecule has 9 aromatic rings. The first-order chi connectivity index (χ1) is 24.7. The maximum atomic E-state index is 9.37. The highest BCUT2D eigenvalue weighted by Gasteiger charge is 2.15. The first kappa shape index (κ1) is 29.2. The summed E-state index contributed by atoms with van der Waals surface area (Å²) in [5.74, 6) is 1.73. The van der Waals surface area contributed by atoms with E-state index in [0.29, 0.717) is 23.0 Å². The zero-order valence-electron chi connectivity index (χ0n) is 27.0. The molecule has 232 valence electrons. The van der Waals surface area contributed by atoms with Crippen LogP contribution in [-0.2, 0) is 0 Å². The molecule has 0 spiro atoms. The molecule has 9 rings (SSSR count). The van der Waals surface area contributed by atoms with Crippen molar-refractivity contribution in [3.63, 3.8) is 0 Å². The van der Waals surface area contributed by atoms with Gasteiger partial charge in [-0.3, -0.25) is 0 Å². The zero-order chi connectivity index (χ0) is 33.4. The number of aromatic nitrogens is 3. The topological polar surface area (TPSA) is 62.5 Å². The Labute approximate surface area is 289 Å². The maximum Gasteiger partial charge on any atom is 0.164 e. The van der Waals surface area contributed by atoms with Gasteiger partial charge in [0.2, 0.25) is 0 Å². The van der Waals surface area contributed by atoms with Crippen LogP contribution in [0.2, 0.25) is 0 Å². The van der Waals surface area contributed by atoms with Crippen molar-refractivity contribution in [2.75, 3.05) is 0 Å². The van der Waals surface area contributed by atoms with E-state index in [9.17, 15) is 5.26 Å². The fourth-order valence-electron chi connectivity index (χ4n) is 6.82. The SMILES string of the molecule is N#Cc1ccc(-c2nc(-c3ccc(-c4ccccc4)cc3)nc(-c3ccc(-c4c5ccccc5cc5c4ccc4ccccc45)cc3)n2)cc1. The molecule has 0 unspecified atom stereocenters. The number of benzene rings is 8. The van der Waals surface area contributed by atoms with E-state index < -0.39 is 0 Å². The summed E-state index contributed by atoms with van der Waals surface area (Å²) in [5.41, 5.74) is 7.82. The normalized spacial score (nSPS) is 11.2. The molecule has 0 N–H and O–H groups in total. The fourth-order valence-corrected chi connectivity index (χ4v) is 6.82. The van der Waals surface area contributed by atoms with Crippen LogP contribution in [0.5, 0.6) is 0 Å². The van der Waals surface area contributed by atoms with Crippen LogP contribution in [-0.4, -0.2) is 15.0 Å². The van der Waals surface area contributed by atoms with E-state index in [0.717, 1.165) is 33.4 Å². The van der Waals surface area contributed by atoms with Gasteiger partial charge in [0.05, 0.1) is 11.6 Å². The third-order valence-electron chi connectivity index (χ3n) is 9.36. The molecular formula is C46H28N4. The van der Waals surface area contributed by atoms with E-state index in [2.05, 4.69) is 133 Å². The summed E-state index contributed by atoms with van der Waals surface area (Å²) < 4.78 is 0. The molecule has 1 aromatic heterocycles. The van der Waals surface area contributed by atoms with Crippen molar-refractivity contribution in [2.45, 2.75) is 0 Å². The van der Waals surface area contributed by atoms with Gasteiger partial charge in [-0.05, 0) is 84.9 Å². The number of nitriles is 1. The van der Waals surface area contributed by atoms with Crippen LogP contribution < -0.4 is 0 Å². The smallest absolute Gasteiger partial charge is 0.164 e. The summed E-state index contributed by atoms with van der Waals surface area (Å²) in [7, 11) is 0. The third kappa shape index (κ3) is 5.24. The Morgan fingerprint density at radius 2 is 0.820 bits per heavy atom. The summed E-state index contributed by atoms with van der Waals surface area (Å²) in [5, 5.41) is 16.7. The van der Waals surface area contributed by atoms with Crippen LogP contribution in [0, 0.1) is 11.3 Å². The van der Waals surface area contributed by atoms with Gasteiger partial charge in [-0.25, -0.2) is 15.0 Å². The Balaban J connectivity index is 1.17. The van der Waals surface area contributed by atoms with E-state index in [1.807, 2.05) is 30.3 Å². The van der Waals surface area contributed by atoms with Gasteiger partial charge in [0.25, 0.3) is 0 Å². The zero-order valence-corrected chi connectivity index (χ0v) is 27.0. The fraction of sp³-hybridized carbons (Fsp3) is 0. The number of hydrogen-bond acceptors (Lipinski definition) is 4. The van der Waals surface area contributed by atoms with Crippen LogP contribution in [0.4, 0.5) is 0 Å². The summed E-state index contributed by atoms with van der Waals surface area (Å²) in [4.78, 5) is 14.9. The minimum absolute atomic E-state index is 0.553. The number of fused-ring (bicyclic) bond motifs is 4. The van der Waals surface area contributed by atoms with Crippen molar-refractivity contribution in [1.29, 1.82) is 5.26 Å². The Morgan fingerprint density at radius 1 is 0.340 bits per heavy atom. The van der Waals surface area contributed by atoms with Crippen molar-refractivity contribution < 1.29 is 0 Å². The molecule has 0 radical (unpaired) electrons. The molecule has 0 amide bonds. The molecule has 0 saturated heterocycles. The van der Waals surface area contributed by atoms with Crippen molar-refractivity contribution in [2.24, 2.45) is 0 Å². The van der Waals surface area contributed by atoms with Crippen LogP contribution in [0.25, 0.3) is 88.7 Å². The van der Waals surface area contributed by atoms with Gasteiger partial charge < -0.3 is 0 Å². The largest absolute Gasteiger partial charge is 0.208 e. The minimum Gasteiger partial charge on any atom is -0.208 e. The standard InChI is InChI=1S/C46H28N4/c47-29-30-14-16-35(17-15-30)44-48-45(36-22-18-32(19-23-36)31-8-2-1-3-9-31)50-46(49-44)37-24-20-34(21-25-37)43-40-13-7-5-11-38(40)28-42-39-12-6-4-10-33(39)26-27-41(42)43/h1-28H. The molecule has 0 saturated carbocycles. The van der Waals surface area contributed by atoms with Gasteiger partial charge in [0, 0.05) is 16.7 Å². The highest BCUT2D eigenvalue weighted by Crippen LogP contribution is 2.40. The lowest BCUT2D eigenvalue weighted by Crippen LogP contribution is -2.00. The molecule has 4 heteroatoms. The van der Waals surface area contributed by atoms with Crippen molar-refractivity contribution in [3.05, 3.63) is 175 Å². The second kappa shape index (κ2) is 12.2. The third-order valence-corrected chi connectivity index (χ3v) is 9.36. The Bertz CT molecular complexity index is 2730. The second-order valence-electron chi connectivity index (χ2n) is 12.4. The summed E-state index contributed by atoms with van der Waals surface area (Å²) in [6, 6.07) is 60.7. The number of hydrogen-bond donors (Lipinski definition) is 0. The average molecular weight is 637 g/mol. The minimum atomic E-state index is 0.553. The van der Waals surface area contributed by atoms with E-state index in [1.54, 1.807) is 12.1 Å². The van der Waals surface area contributed by atoms with Gasteiger partial charge in [-0.1, -0.05) is 140 Å². The van der Waals surface area contributed by atoms with Crippen LogP contribution in [0.3, 0.4) is 0 Å². The van der Waals surface area contributed by atoms with Gasteiger partial charge in [-0.15, -0.1) is 0 Å². The molecule has 0 fully saturated rings. The lowest BCUT2D eigenvalue weighted by atomic mass is 9.89. The summed E-state index contributed by atoms with van der Waals surface area (Å²) in [6.45, 7) is 0. The van der Waals surface area contributed by atoms with Gasteiger partial charge in [0.1, 0.15) is 0 Å². The van der Waals surface area contributed by atoms with Crippen LogP contribution in [0.1, 0.15) is 5.56 Å². The monoisotopic (exact) mass is 636 g/mol. The molecule has 0 aliphatic rings. The maximum absolute atomic E-state index is 9.37. The lowest BCUT2D eigenvalue weighted by Gasteiger charge is -2.14. The molecule has 0 bridgehead atoms. The molecule has 0 aliphatic heterocycles. The molecule has 0 aliphatic carbocycles. The molecule has 50 heavy (non-hydrogen) atoms. The number of rotatable bonds is 5. The van der Waals surface area contributed by atoms with Gasteiger partial charge in [0.15, 0.2) is 17.5 Å². The van der Waals surface area contributed by atoms with Crippen LogP contribution in [0.15, 0.2) is 170 Å². The molecule has 1 heterocycles. The average Bonchev–Trinajstić information content (AvgIpc) is 3.20. The molecule has 8 aromatic carbocycles. The lowest BCUT2D eigenvalue weighted by molar-refractivity contribution is 1.07. The molecular weight excluding hydrogens is 609 g/mol. The summed E-state index contributed by atoms with van der Waals surface area (Å²) in [6.07, 6.45) is 0. The predicted octanol–water partition coefficient (Wildman–Crippen LogP) is 11.5. The van der Waals surface area contributed by atoms with Gasteiger partial charge >= 0.3 is 0 Å². The van der Waals surface area contributed by atoms with Crippen LogP contribution >= 0.6 is 0 Å².